The van der Waals surface area contributed by atoms with Gasteiger partial charge in [0, 0.05) is 12.7 Å². The first-order valence-corrected chi connectivity index (χ1v) is 5.18. The molecule has 0 fully saturated rings. The summed E-state index contributed by atoms with van der Waals surface area (Å²) < 4.78 is 0. The molecule has 2 rings (SSSR count). The lowest BCUT2D eigenvalue weighted by atomic mass is 10.3. The summed E-state index contributed by atoms with van der Waals surface area (Å²) in [6.45, 7) is 0.654. The number of hydrogen-bond acceptors (Lipinski definition) is 4. The number of hydrogen-bond donors (Lipinski definition) is 2. The number of nitrogens with one attached hydrogen (secondary N) is 1. The molecule has 2 heterocycles. The van der Waals surface area contributed by atoms with E-state index in [1.165, 1.54) is 0 Å². The molecule has 82 valence electrons. The van der Waals surface area contributed by atoms with Crippen LogP contribution in [0.2, 0.25) is 5.15 Å². The van der Waals surface area contributed by atoms with E-state index in [9.17, 15) is 0 Å². The second kappa shape index (κ2) is 4.81. The fourth-order valence-corrected chi connectivity index (χ4v) is 1.33. The lowest BCUT2D eigenvalue weighted by Crippen LogP contribution is -2.01. The summed E-state index contributed by atoms with van der Waals surface area (Å²) in [5, 5.41) is 3.65. The van der Waals surface area contributed by atoms with Gasteiger partial charge in [-0.15, -0.1) is 0 Å². The monoisotopic (exact) mass is 234 g/mol. The van der Waals surface area contributed by atoms with Gasteiger partial charge in [0.25, 0.3) is 0 Å². The number of halogens is 1. The van der Waals surface area contributed by atoms with Gasteiger partial charge in [-0.1, -0.05) is 17.7 Å². The third-order valence-corrected chi connectivity index (χ3v) is 2.27. The minimum absolute atomic E-state index is 0.495. The lowest BCUT2D eigenvalue weighted by Gasteiger charge is -2.05. The molecule has 0 amide bonds. The highest BCUT2D eigenvalue weighted by molar-refractivity contribution is 6.29. The first kappa shape index (κ1) is 10.7. The van der Waals surface area contributed by atoms with Crippen molar-refractivity contribution in [1.29, 1.82) is 0 Å². The van der Waals surface area contributed by atoms with E-state index in [4.69, 9.17) is 17.3 Å². The summed E-state index contributed by atoms with van der Waals surface area (Å²) in [6, 6.07) is 7.31. The Morgan fingerprint density at radius 3 is 2.62 bits per heavy atom. The van der Waals surface area contributed by atoms with Crippen molar-refractivity contribution in [3.8, 4) is 0 Å². The Labute approximate surface area is 98.5 Å². The van der Waals surface area contributed by atoms with Crippen LogP contribution < -0.4 is 11.1 Å². The Hall–Kier alpha value is -1.81. The topological polar surface area (TPSA) is 63.8 Å². The van der Waals surface area contributed by atoms with Crippen molar-refractivity contribution in [2.75, 3.05) is 11.1 Å². The minimum atomic E-state index is 0.495. The number of pyridine rings is 2. The van der Waals surface area contributed by atoms with Crippen molar-refractivity contribution in [2.45, 2.75) is 6.54 Å². The van der Waals surface area contributed by atoms with Gasteiger partial charge in [-0.3, -0.25) is 0 Å². The standard InChI is InChI=1S/C11H11ClN4/c12-10-3-1-8(5-14-10)6-15-11-4-2-9(13)7-16-11/h1-5,7H,6,13H2,(H,15,16). The molecule has 0 unspecified atom stereocenters. The summed E-state index contributed by atoms with van der Waals surface area (Å²) in [5.41, 5.74) is 7.23. The van der Waals surface area contributed by atoms with E-state index in [0.29, 0.717) is 17.4 Å². The quantitative estimate of drug-likeness (QED) is 0.800. The molecular formula is C11H11ClN4. The van der Waals surface area contributed by atoms with E-state index in [-0.39, 0.29) is 0 Å². The Bertz CT molecular complexity index is 407. The Morgan fingerprint density at radius 2 is 2.00 bits per heavy atom. The van der Waals surface area contributed by atoms with E-state index in [0.717, 1.165) is 11.4 Å². The lowest BCUT2D eigenvalue weighted by molar-refractivity contribution is 1.09. The van der Waals surface area contributed by atoms with Gasteiger partial charge in [0.1, 0.15) is 11.0 Å². The highest BCUT2D eigenvalue weighted by atomic mass is 35.5. The van der Waals surface area contributed by atoms with Crippen LogP contribution in [0.3, 0.4) is 0 Å². The van der Waals surface area contributed by atoms with Crippen molar-refractivity contribution >= 4 is 23.1 Å². The van der Waals surface area contributed by atoms with Gasteiger partial charge in [-0.2, -0.15) is 0 Å². The van der Waals surface area contributed by atoms with Crippen LogP contribution in [0.1, 0.15) is 5.56 Å². The van der Waals surface area contributed by atoms with Crippen LogP contribution in [0.5, 0.6) is 0 Å². The number of aromatic nitrogens is 2. The van der Waals surface area contributed by atoms with Crippen LogP contribution in [0.4, 0.5) is 11.5 Å². The molecule has 16 heavy (non-hydrogen) atoms. The van der Waals surface area contributed by atoms with Gasteiger partial charge in [0.05, 0.1) is 11.9 Å². The molecule has 2 aromatic heterocycles. The molecule has 2 aromatic rings. The summed E-state index contributed by atoms with van der Waals surface area (Å²) >= 11 is 5.69. The highest BCUT2D eigenvalue weighted by Crippen LogP contribution is 2.09. The van der Waals surface area contributed by atoms with Crippen molar-refractivity contribution in [3.63, 3.8) is 0 Å². The number of nitrogen functional groups attached to an aromatic ring is 1. The third kappa shape index (κ3) is 2.84. The number of anilines is 2. The Kier molecular flexibility index (Phi) is 3.22. The molecule has 0 bridgehead atoms. The van der Waals surface area contributed by atoms with Gasteiger partial charge in [0.15, 0.2) is 0 Å². The fourth-order valence-electron chi connectivity index (χ4n) is 1.21. The summed E-state index contributed by atoms with van der Waals surface area (Å²) in [7, 11) is 0. The van der Waals surface area contributed by atoms with E-state index in [1.54, 1.807) is 24.5 Å². The van der Waals surface area contributed by atoms with Crippen molar-refractivity contribution < 1.29 is 0 Å². The van der Waals surface area contributed by atoms with Gasteiger partial charge in [-0.25, -0.2) is 9.97 Å². The molecule has 4 nitrogen and oxygen atoms in total. The molecule has 5 heteroatoms. The average Bonchev–Trinajstić information content (AvgIpc) is 2.30. The van der Waals surface area contributed by atoms with E-state index in [2.05, 4.69) is 15.3 Å². The third-order valence-electron chi connectivity index (χ3n) is 2.05. The predicted molar refractivity (Wildman–Crippen MR) is 65.2 cm³/mol. The zero-order valence-corrected chi connectivity index (χ0v) is 9.28. The van der Waals surface area contributed by atoms with Crippen molar-refractivity contribution in [2.24, 2.45) is 0 Å². The SMILES string of the molecule is Nc1ccc(NCc2ccc(Cl)nc2)nc1. The van der Waals surface area contributed by atoms with E-state index < -0.39 is 0 Å². The van der Waals surface area contributed by atoms with Gasteiger partial charge in [-0.05, 0) is 23.8 Å². The minimum Gasteiger partial charge on any atom is -0.397 e. The average molecular weight is 235 g/mol. The van der Waals surface area contributed by atoms with E-state index >= 15 is 0 Å². The molecule has 0 aliphatic heterocycles. The van der Waals surface area contributed by atoms with Gasteiger partial charge < -0.3 is 11.1 Å². The largest absolute Gasteiger partial charge is 0.397 e. The van der Waals surface area contributed by atoms with Gasteiger partial charge in [0.2, 0.25) is 0 Å². The van der Waals surface area contributed by atoms with Crippen molar-refractivity contribution in [1.82, 2.24) is 9.97 Å². The van der Waals surface area contributed by atoms with Gasteiger partial charge >= 0.3 is 0 Å². The summed E-state index contributed by atoms with van der Waals surface area (Å²) in [6.07, 6.45) is 3.34. The number of nitrogens with zero attached hydrogens (tertiary/aromatic N) is 2. The zero-order valence-electron chi connectivity index (χ0n) is 8.52. The first-order chi connectivity index (χ1) is 7.74. The smallest absolute Gasteiger partial charge is 0.129 e. The molecule has 0 aliphatic carbocycles. The maximum absolute atomic E-state index is 5.69. The van der Waals surface area contributed by atoms with Crippen LogP contribution in [0.25, 0.3) is 0 Å². The molecular weight excluding hydrogens is 224 g/mol. The predicted octanol–water partition coefficient (Wildman–Crippen LogP) is 2.32. The normalized spacial score (nSPS) is 10.1. The number of nitrogens with two attached hydrogens (primary N) is 1. The highest BCUT2D eigenvalue weighted by Gasteiger charge is 1.96. The summed E-state index contributed by atoms with van der Waals surface area (Å²) in [5.74, 6) is 0.782. The van der Waals surface area contributed by atoms with Crippen molar-refractivity contribution in [3.05, 3.63) is 47.4 Å². The molecule has 0 spiro atoms. The van der Waals surface area contributed by atoms with Crippen LogP contribution in [0, 0.1) is 0 Å². The molecule has 0 aliphatic rings. The molecule has 0 saturated carbocycles. The maximum atomic E-state index is 5.69. The first-order valence-electron chi connectivity index (χ1n) is 4.80. The molecule has 0 aromatic carbocycles. The molecule has 0 radical (unpaired) electrons. The van der Waals surface area contributed by atoms with E-state index in [1.807, 2.05) is 12.1 Å². The molecule has 3 N–H and O–H groups in total. The van der Waals surface area contributed by atoms with Crippen LogP contribution in [-0.4, -0.2) is 9.97 Å². The zero-order chi connectivity index (χ0) is 11.4. The second-order valence-electron chi connectivity index (χ2n) is 3.32. The van der Waals surface area contributed by atoms with Crippen LogP contribution in [0.15, 0.2) is 36.7 Å². The molecule has 0 saturated heterocycles. The number of rotatable bonds is 3. The Balaban J connectivity index is 1.97. The summed E-state index contributed by atoms with van der Waals surface area (Å²) in [4.78, 5) is 8.12. The fraction of sp³-hybridized carbons (Fsp3) is 0.0909. The van der Waals surface area contributed by atoms with Crippen LogP contribution >= 0.6 is 11.6 Å². The molecule has 0 atom stereocenters. The van der Waals surface area contributed by atoms with Crippen LogP contribution in [-0.2, 0) is 6.54 Å². The second-order valence-corrected chi connectivity index (χ2v) is 3.71. The maximum Gasteiger partial charge on any atom is 0.129 e. The Morgan fingerprint density at radius 1 is 1.12 bits per heavy atom.